The molecule has 0 aliphatic carbocycles. The van der Waals surface area contributed by atoms with Crippen LogP contribution < -0.4 is 5.73 Å². The average Bonchev–Trinajstić information content (AvgIpc) is 2.83. The first-order valence-electron chi connectivity index (χ1n) is 11.7. The molecule has 0 radical (unpaired) electrons. The minimum absolute atomic E-state index is 0.622. The molecular formula is C31H49N. The summed E-state index contributed by atoms with van der Waals surface area (Å²) in [6.07, 6.45) is 7.39. The van der Waals surface area contributed by atoms with Gasteiger partial charge in [-0.2, -0.15) is 0 Å². The van der Waals surface area contributed by atoms with Crippen molar-refractivity contribution in [2.24, 2.45) is 5.73 Å². The third-order valence-corrected chi connectivity index (χ3v) is 4.54. The van der Waals surface area contributed by atoms with Crippen molar-refractivity contribution in [2.75, 3.05) is 0 Å². The summed E-state index contributed by atoms with van der Waals surface area (Å²) < 4.78 is 0. The summed E-state index contributed by atoms with van der Waals surface area (Å²) in [6.45, 7) is 30.4. The molecule has 1 nitrogen and oxygen atoms in total. The van der Waals surface area contributed by atoms with Crippen LogP contribution in [0.2, 0.25) is 0 Å². The molecule has 1 heteroatoms. The van der Waals surface area contributed by atoms with Gasteiger partial charge in [-0.3, -0.25) is 0 Å². The summed E-state index contributed by atoms with van der Waals surface area (Å²) in [5.74, 6) is 0. The smallest absolute Gasteiger partial charge is 0.0317 e. The van der Waals surface area contributed by atoms with Crippen LogP contribution in [0.15, 0.2) is 74.4 Å². The third kappa shape index (κ3) is 12.8. The summed E-state index contributed by atoms with van der Waals surface area (Å²) in [6, 6.07) is 12.9. The van der Waals surface area contributed by atoms with Crippen LogP contribution in [0.25, 0.3) is 11.3 Å². The molecule has 0 fully saturated rings. The van der Waals surface area contributed by atoms with E-state index in [1.807, 2.05) is 53.7 Å². The fourth-order valence-corrected chi connectivity index (χ4v) is 2.77. The second-order valence-corrected chi connectivity index (χ2v) is 6.57. The quantitative estimate of drug-likeness (QED) is 0.375. The minimum atomic E-state index is 0.622. The van der Waals surface area contributed by atoms with Crippen molar-refractivity contribution in [2.45, 2.75) is 75.7 Å². The fourth-order valence-electron chi connectivity index (χ4n) is 2.77. The Morgan fingerprint density at radius 2 is 1.41 bits per heavy atom. The first-order valence-corrected chi connectivity index (χ1v) is 11.7. The monoisotopic (exact) mass is 435 g/mol. The molecule has 0 aliphatic rings. The standard InChI is InChI=1S/C15H19N.C10H14.2C2H6.C2H4/c1-5-7-13(6-2)14-8-9-15(12(4)16)11(3)10-14;1-4-10-6-5-8(2)9(3)7-10;3*1-2/h5-10H,4,16H2,1-3H3;5-7H,4H2,1-3H3;2*1-2H3;1-2H2/b7-5-,13-6+;;;;. The second-order valence-electron chi connectivity index (χ2n) is 6.57. The molecule has 0 bridgehead atoms. The van der Waals surface area contributed by atoms with Gasteiger partial charge in [-0.25, -0.2) is 0 Å². The summed E-state index contributed by atoms with van der Waals surface area (Å²) in [4.78, 5) is 0. The largest absolute Gasteiger partial charge is 0.399 e. The fraction of sp³-hybridized carbons (Fsp3) is 0.355. The SMILES string of the molecule is C=C.C=C(N)c1ccc(C(/C=C\C)=C/C)cc1C.CC.CC.CCc1ccc(C)c(C)c1. The number of allylic oxidation sites excluding steroid dienone is 4. The van der Waals surface area contributed by atoms with Gasteiger partial charge in [0.2, 0.25) is 0 Å². The van der Waals surface area contributed by atoms with E-state index in [0.717, 1.165) is 17.5 Å². The zero-order chi connectivity index (χ0) is 25.7. The lowest BCUT2D eigenvalue weighted by atomic mass is 9.98. The Morgan fingerprint density at radius 3 is 1.78 bits per heavy atom. The molecular weight excluding hydrogens is 386 g/mol. The lowest BCUT2D eigenvalue weighted by Gasteiger charge is -2.08. The molecule has 0 heterocycles. The van der Waals surface area contributed by atoms with Gasteiger partial charge >= 0.3 is 0 Å². The van der Waals surface area contributed by atoms with E-state index in [9.17, 15) is 0 Å². The van der Waals surface area contributed by atoms with Crippen molar-refractivity contribution in [3.05, 3.63) is 108 Å². The van der Waals surface area contributed by atoms with Gasteiger partial charge in [0.1, 0.15) is 0 Å². The van der Waals surface area contributed by atoms with E-state index in [1.165, 1.54) is 27.8 Å². The van der Waals surface area contributed by atoms with Gasteiger partial charge in [-0.1, -0.05) is 95.8 Å². The average molecular weight is 436 g/mol. The molecule has 0 saturated heterocycles. The molecule has 32 heavy (non-hydrogen) atoms. The Balaban J connectivity index is -0.000000451. The van der Waals surface area contributed by atoms with E-state index in [4.69, 9.17) is 5.73 Å². The number of hydrogen-bond acceptors (Lipinski definition) is 1. The molecule has 2 aromatic carbocycles. The van der Waals surface area contributed by atoms with E-state index < -0.39 is 0 Å². The Labute approximate surface area is 200 Å². The molecule has 0 atom stereocenters. The number of aryl methyl sites for hydroxylation is 4. The van der Waals surface area contributed by atoms with E-state index in [2.05, 4.69) is 89.9 Å². The molecule has 0 aliphatic heterocycles. The van der Waals surface area contributed by atoms with Crippen LogP contribution in [-0.4, -0.2) is 0 Å². The normalized spacial score (nSPS) is 9.62. The summed E-state index contributed by atoms with van der Waals surface area (Å²) in [5.41, 5.74) is 15.2. The number of rotatable bonds is 4. The summed E-state index contributed by atoms with van der Waals surface area (Å²) in [7, 11) is 0. The lowest BCUT2D eigenvalue weighted by molar-refractivity contribution is 1.12. The van der Waals surface area contributed by atoms with Crippen molar-refractivity contribution in [1.29, 1.82) is 0 Å². The van der Waals surface area contributed by atoms with Crippen LogP contribution in [0.4, 0.5) is 0 Å². The van der Waals surface area contributed by atoms with Crippen LogP contribution in [-0.2, 0) is 6.42 Å². The van der Waals surface area contributed by atoms with Crippen molar-refractivity contribution in [3.63, 3.8) is 0 Å². The topological polar surface area (TPSA) is 26.0 Å². The molecule has 178 valence electrons. The number of hydrogen-bond donors (Lipinski definition) is 1. The lowest BCUT2D eigenvalue weighted by Crippen LogP contribution is -1.97. The first-order chi connectivity index (χ1) is 15.3. The number of nitrogens with two attached hydrogens (primary N) is 1. The first kappa shape index (κ1) is 33.8. The molecule has 0 saturated carbocycles. The van der Waals surface area contributed by atoms with Crippen LogP contribution >= 0.6 is 0 Å². The molecule has 0 aromatic heterocycles. The van der Waals surface area contributed by atoms with Gasteiger partial charge in [-0.05, 0) is 80.0 Å². The number of benzene rings is 2. The maximum Gasteiger partial charge on any atom is 0.0317 e. The van der Waals surface area contributed by atoms with Gasteiger partial charge < -0.3 is 5.73 Å². The predicted molar refractivity (Wildman–Crippen MR) is 152 cm³/mol. The maximum atomic E-state index is 5.71. The minimum Gasteiger partial charge on any atom is -0.399 e. The molecule has 2 rings (SSSR count). The van der Waals surface area contributed by atoms with Gasteiger partial charge in [0.15, 0.2) is 0 Å². The van der Waals surface area contributed by atoms with E-state index in [1.54, 1.807) is 0 Å². The second kappa shape index (κ2) is 21.4. The van der Waals surface area contributed by atoms with Gasteiger partial charge in [0.25, 0.3) is 0 Å². The molecule has 0 amide bonds. The molecule has 0 unspecified atom stereocenters. The molecule has 2 N–H and O–H groups in total. The Morgan fingerprint density at radius 1 is 0.844 bits per heavy atom. The zero-order valence-corrected chi connectivity index (χ0v) is 22.6. The Hall–Kier alpha value is -2.80. The van der Waals surface area contributed by atoms with Crippen LogP contribution in [0.1, 0.15) is 81.8 Å². The maximum absolute atomic E-state index is 5.71. The van der Waals surface area contributed by atoms with Crippen molar-refractivity contribution in [1.82, 2.24) is 0 Å². The van der Waals surface area contributed by atoms with Crippen LogP contribution in [0, 0.1) is 20.8 Å². The summed E-state index contributed by atoms with van der Waals surface area (Å²) in [5, 5.41) is 0. The molecule has 2 aromatic rings. The Bertz CT molecular complexity index is 822. The van der Waals surface area contributed by atoms with Crippen LogP contribution in [0.5, 0.6) is 0 Å². The van der Waals surface area contributed by atoms with E-state index in [0.29, 0.717) is 5.70 Å². The van der Waals surface area contributed by atoms with E-state index >= 15 is 0 Å². The predicted octanol–water partition coefficient (Wildman–Crippen LogP) is 9.62. The van der Waals surface area contributed by atoms with Crippen molar-refractivity contribution >= 4 is 11.3 Å². The highest BCUT2D eigenvalue weighted by Crippen LogP contribution is 2.21. The van der Waals surface area contributed by atoms with Crippen LogP contribution in [0.3, 0.4) is 0 Å². The van der Waals surface area contributed by atoms with Gasteiger partial charge in [-0.15, -0.1) is 13.2 Å². The highest BCUT2D eigenvalue weighted by atomic mass is 14.6. The van der Waals surface area contributed by atoms with E-state index in [-0.39, 0.29) is 0 Å². The van der Waals surface area contributed by atoms with Gasteiger partial charge in [0.05, 0.1) is 0 Å². The zero-order valence-electron chi connectivity index (χ0n) is 22.6. The Kier molecular flexibility index (Phi) is 22.7. The molecule has 0 spiro atoms. The van der Waals surface area contributed by atoms with Gasteiger partial charge in [0, 0.05) is 5.70 Å². The highest BCUT2D eigenvalue weighted by molar-refractivity contribution is 5.76. The van der Waals surface area contributed by atoms with Crippen molar-refractivity contribution in [3.8, 4) is 0 Å². The van der Waals surface area contributed by atoms with Crippen molar-refractivity contribution < 1.29 is 0 Å². The third-order valence-electron chi connectivity index (χ3n) is 4.54. The highest BCUT2D eigenvalue weighted by Gasteiger charge is 2.02. The summed E-state index contributed by atoms with van der Waals surface area (Å²) >= 11 is 0.